The standard InChI is InChI=1S/C7H8BF3NO.K/c9-8(10,11)3-6-1-2-12-4-7(6)5-13;/h1-2,4,13H,3,5H2;/q-1;+1. The van der Waals surface area contributed by atoms with Crippen molar-refractivity contribution in [3.63, 3.8) is 0 Å². The summed E-state index contributed by atoms with van der Waals surface area (Å²) in [6.07, 6.45) is 1.58. The van der Waals surface area contributed by atoms with Crippen LogP contribution in [0.15, 0.2) is 18.5 Å². The van der Waals surface area contributed by atoms with E-state index in [4.69, 9.17) is 5.11 Å². The molecule has 7 heteroatoms. The van der Waals surface area contributed by atoms with Crippen LogP contribution in [-0.2, 0) is 12.9 Å². The molecule has 0 fully saturated rings. The molecule has 14 heavy (non-hydrogen) atoms. The third-order valence-electron chi connectivity index (χ3n) is 1.63. The first-order chi connectivity index (χ1) is 6.03. The van der Waals surface area contributed by atoms with E-state index in [-0.39, 0.29) is 62.5 Å². The Labute approximate surface area is 122 Å². The molecule has 0 amide bonds. The average Bonchev–Trinajstić information content (AvgIpc) is 2.02. The van der Waals surface area contributed by atoms with Crippen molar-refractivity contribution >= 4 is 6.98 Å². The fourth-order valence-electron chi connectivity index (χ4n) is 1.05. The van der Waals surface area contributed by atoms with Gasteiger partial charge in [-0.05, 0) is 11.6 Å². The Hall–Kier alpha value is 0.601. The number of hydrogen-bond acceptors (Lipinski definition) is 2. The first kappa shape index (κ1) is 14.6. The monoisotopic (exact) mass is 229 g/mol. The number of rotatable bonds is 3. The van der Waals surface area contributed by atoms with Crippen molar-refractivity contribution in [2.75, 3.05) is 0 Å². The number of aliphatic hydroxyl groups is 1. The molecule has 0 aliphatic rings. The van der Waals surface area contributed by atoms with Gasteiger partial charge >= 0.3 is 58.4 Å². The minimum Gasteiger partial charge on any atom is -0.449 e. The van der Waals surface area contributed by atoms with Gasteiger partial charge in [-0.15, -0.1) is 0 Å². The number of hydrogen-bond donors (Lipinski definition) is 1. The van der Waals surface area contributed by atoms with Gasteiger partial charge in [0.05, 0.1) is 6.61 Å². The van der Waals surface area contributed by atoms with Crippen molar-refractivity contribution in [3.05, 3.63) is 29.6 Å². The normalized spacial score (nSPS) is 10.9. The maximum atomic E-state index is 12.0. The first-order valence-electron chi connectivity index (χ1n) is 3.76. The molecule has 1 aromatic rings. The molecule has 72 valence electrons. The van der Waals surface area contributed by atoms with Crippen LogP contribution < -0.4 is 51.4 Å². The van der Waals surface area contributed by atoms with Gasteiger partial charge < -0.3 is 18.1 Å². The van der Waals surface area contributed by atoms with Crippen molar-refractivity contribution in [2.24, 2.45) is 0 Å². The third kappa shape index (κ3) is 4.90. The number of aromatic nitrogens is 1. The summed E-state index contributed by atoms with van der Waals surface area (Å²) in [6, 6.07) is 1.28. The second-order valence-electron chi connectivity index (χ2n) is 2.72. The van der Waals surface area contributed by atoms with E-state index in [1.807, 2.05) is 0 Å². The van der Waals surface area contributed by atoms with Crippen LogP contribution in [0.2, 0.25) is 0 Å². The average molecular weight is 229 g/mol. The summed E-state index contributed by atoms with van der Waals surface area (Å²) in [4.78, 5) is 3.63. The summed E-state index contributed by atoms with van der Waals surface area (Å²) in [7, 11) is 0. The summed E-state index contributed by atoms with van der Waals surface area (Å²) >= 11 is 0. The molecule has 1 heterocycles. The minimum absolute atomic E-state index is 0. The Bertz CT molecular complexity index is 295. The zero-order valence-electron chi connectivity index (χ0n) is 7.75. The summed E-state index contributed by atoms with van der Waals surface area (Å²) < 4.78 is 36.1. The maximum absolute atomic E-state index is 12.0. The van der Waals surface area contributed by atoms with Crippen LogP contribution in [0.3, 0.4) is 0 Å². The molecule has 1 N–H and O–H groups in total. The molecule has 0 saturated heterocycles. The molecule has 0 aliphatic carbocycles. The molecule has 0 atom stereocenters. The Balaban J connectivity index is 0.00000169. The molecule has 0 radical (unpaired) electrons. The van der Waals surface area contributed by atoms with Crippen LogP contribution in [0.25, 0.3) is 0 Å². The van der Waals surface area contributed by atoms with Crippen LogP contribution >= 0.6 is 0 Å². The molecular formula is C7H8BF3KNO. The first-order valence-corrected chi connectivity index (χ1v) is 3.76. The quantitative estimate of drug-likeness (QED) is 0.640. The maximum Gasteiger partial charge on any atom is 1.00 e. The van der Waals surface area contributed by atoms with Crippen molar-refractivity contribution < 1.29 is 69.4 Å². The molecule has 0 spiro atoms. The Morgan fingerprint density at radius 1 is 1.29 bits per heavy atom. The van der Waals surface area contributed by atoms with Gasteiger partial charge in [-0.25, -0.2) is 0 Å². The number of pyridine rings is 1. The van der Waals surface area contributed by atoms with Gasteiger partial charge in [0.15, 0.2) is 0 Å². The predicted molar refractivity (Wildman–Crippen MR) is 42.9 cm³/mol. The molecule has 1 aromatic heterocycles. The topological polar surface area (TPSA) is 33.1 Å². The fraction of sp³-hybridized carbons (Fsp3) is 0.286. The number of nitrogens with zero attached hydrogens (tertiary/aromatic N) is 1. The Morgan fingerprint density at radius 2 is 1.93 bits per heavy atom. The zero-order valence-corrected chi connectivity index (χ0v) is 10.9. The largest absolute Gasteiger partial charge is 1.00 e. The van der Waals surface area contributed by atoms with Crippen LogP contribution in [0.5, 0.6) is 0 Å². The van der Waals surface area contributed by atoms with E-state index in [1.54, 1.807) is 0 Å². The van der Waals surface area contributed by atoms with E-state index in [0.717, 1.165) is 0 Å². The van der Waals surface area contributed by atoms with E-state index >= 15 is 0 Å². The van der Waals surface area contributed by atoms with Crippen molar-refractivity contribution in [1.29, 1.82) is 0 Å². The molecular weight excluding hydrogens is 221 g/mol. The van der Waals surface area contributed by atoms with E-state index < -0.39 is 19.9 Å². The summed E-state index contributed by atoms with van der Waals surface area (Å²) in [5.41, 5.74) is 0.340. The van der Waals surface area contributed by atoms with E-state index in [1.165, 1.54) is 18.5 Å². The van der Waals surface area contributed by atoms with Crippen molar-refractivity contribution in [2.45, 2.75) is 12.9 Å². The molecule has 0 unspecified atom stereocenters. The van der Waals surface area contributed by atoms with Crippen LogP contribution in [-0.4, -0.2) is 17.1 Å². The summed E-state index contributed by atoms with van der Waals surface area (Å²) in [5.74, 6) is 0. The smallest absolute Gasteiger partial charge is 0.449 e. The van der Waals surface area contributed by atoms with Gasteiger partial charge in [-0.2, -0.15) is 0 Å². The van der Waals surface area contributed by atoms with Crippen molar-refractivity contribution in [3.8, 4) is 0 Å². The van der Waals surface area contributed by atoms with Gasteiger partial charge in [0.25, 0.3) is 0 Å². The van der Waals surface area contributed by atoms with E-state index in [9.17, 15) is 12.9 Å². The number of aliphatic hydroxyl groups excluding tert-OH is 1. The minimum atomic E-state index is -4.85. The second kappa shape index (κ2) is 6.24. The predicted octanol–water partition coefficient (Wildman–Crippen LogP) is -1.49. The van der Waals surface area contributed by atoms with Gasteiger partial charge in [0, 0.05) is 12.4 Å². The van der Waals surface area contributed by atoms with Gasteiger partial charge in [0.2, 0.25) is 0 Å². The van der Waals surface area contributed by atoms with Crippen LogP contribution in [0, 0.1) is 0 Å². The third-order valence-corrected chi connectivity index (χ3v) is 1.63. The molecule has 0 aromatic carbocycles. The molecule has 0 saturated carbocycles. The van der Waals surface area contributed by atoms with E-state index in [2.05, 4.69) is 4.98 Å². The number of halogens is 3. The summed E-state index contributed by atoms with van der Waals surface area (Å²) in [5, 5.41) is 8.71. The second-order valence-corrected chi connectivity index (χ2v) is 2.72. The van der Waals surface area contributed by atoms with Gasteiger partial charge in [-0.3, -0.25) is 4.98 Å². The zero-order chi connectivity index (χ0) is 9.90. The van der Waals surface area contributed by atoms with Crippen molar-refractivity contribution in [1.82, 2.24) is 4.98 Å². The van der Waals surface area contributed by atoms with E-state index in [0.29, 0.717) is 0 Å². The van der Waals surface area contributed by atoms with Gasteiger partial charge in [0.1, 0.15) is 0 Å². The Morgan fingerprint density at radius 3 is 2.43 bits per heavy atom. The summed E-state index contributed by atoms with van der Waals surface area (Å²) in [6.45, 7) is -5.26. The van der Waals surface area contributed by atoms with Crippen LogP contribution in [0.1, 0.15) is 11.1 Å². The SMILES string of the molecule is OCc1cnccc1C[B-](F)(F)F.[K+]. The Kier molecular flexibility index (Phi) is 6.51. The van der Waals surface area contributed by atoms with Crippen LogP contribution in [0.4, 0.5) is 12.9 Å². The fourth-order valence-corrected chi connectivity index (χ4v) is 1.05. The molecule has 0 aliphatic heterocycles. The molecule has 0 bridgehead atoms. The molecule has 1 rings (SSSR count). The molecule has 2 nitrogen and oxygen atoms in total. The van der Waals surface area contributed by atoms with Gasteiger partial charge in [-0.1, -0.05) is 11.9 Å².